The third kappa shape index (κ3) is 5.05. The van der Waals surface area contributed by atoms with Gasteiger partial charge in [-0.15, -0.1) is 0 Å². The molecule has 0 radical (unpaired) electrons. The van der Waals surface area contributed by atoms with Crippen molar-refractivity contribution >= 4 is 10.8 Å². The Morgan fingerprint density at radius 3 is 2.71 bits per heavy atom. The maximum Gasteiger partial charge on any atom is 0.0700 e. The Labute approximate surface area is 87.8 Å². The number of hydrogen-bond acceptors (Lipinski definition) is 4. The van der Waals surface area contributed by atoms with Crippen LogP contribution in [0.5, 0.6) is 0 Å². The molecular weight excluding hydrogens is 202 g/mol. The lowest BCUT2D eigenvalue weighted by molar-refractivity contribution is 0.0787. The minimum atomic E-state index is -0.710. The van der Waals surface area contributed by atoms with Crippen LogP contribution in [0.15, 0.2) is 0 Å². The third-order valence-corrected chi connectivity index (χ3v) is 3.64. The van der Waals surface area contributed by atoms with Gasteiger partial charge in [-0.1, -0.05) is 0 Å². The minimum absolute atomic E-state index is 0.579. The van der Waals surface area contributed by atoms with Gasteiger partial charge in [0.15, 0.2) is 0 Å². The zero-order valence-electron chi connectivity index (χ0n) is 8.66. The van der Waals surface area contributed by atoms with E-state index in [9.17, 15) is 4.21 Å². The standard InChI is InChI=1S/C9H19NO3S/c1-12-2-3-13-4-5-14(11)8-9-6-10-7-9/h9-10H,2-8H2,1H3. The normalized spacial score (nSPS) is 19.2. The van der Waals surface area contributed by atoms with Crippen LogP contribution >= 0.6 is 0 Å². The fourth-order valence-electron chi connectivity index (χ4n) is 1.21. The van der Waals surface area contributed by atoms with E-state index in [4.69, 9.17) is 9.47 Å². The molecule has 0 aliphatic carbocycles. The van der Waals surface area contributed by atoms with Gasteiger partial charge in [-0.05, 0) is 5.92 Å². The van der Waals surface area contributed by atoms with Gasteiger partial charge >= 0.3 is 0 Å². The zero-order chi connectivity index (χ0) is 10.2. The summed E-state index contributed by atoms with van der Waals surface area (Å²) in [5.74, 6) is 2.09. The van der Waals surface area contributed by atoms with Crippen LogP contribution in [0.25, 0.3) is 0 Å². The van der Waals surface area contributed by atoms with Crippen molar-refractivity contribution in [3.05, 3.63) is 0 Å². The first-order valence-electron chi connectivity index (χ1n) is 4.95. The van der Waals surface area contributed by atoms with Crippen LogP contribution in [-0.2, 0) is 20.3 Å². The lowest BCUT2D eigenvalue weighted by Gasteiger charge is -2.26. The average Bonchev–Trinajstić information content (AvgIpc) is 2.11. The number of hydrogen-bond donors (Lipinski definition) is 1. The molecule has 0 spiro atoms. The molecule has 1 aliphatic heterocycles. The van der Waals surface area contributed by atoms with Gasteiger partial charge in [0.25, 0.3) is 0 Å². The van der Waals surface area contributed by atoms with Gasteiger partial charge in [0, 0.05) is 42.5 Å². The molecule has 1 atom stereocenters. The molecule has 84 valence electrons. The predicted molar refractivity (Wildman–Crippen MR) is 56.9 cm³/mol. The topological polar surface area (TPSA) is 47.6 Å². The van der Waals surface area contributed by atoms with Crippen LogP contribution in [-0.4, -0.2) is 55.7 Å². The molecule has 0 aromatic carbocycles. The van der Waals surface area contributed by atoms with E-state index >= 15 is 0 Å². The summed E-state index contributed by atoms with van der Waals surface area (Å²) < 4.78 is 21.5. The Kier molecular flexibility index (Phi) is 6.34. The van der Waals surface area contributed by atoms with Gasteiger partial charge in [0.1, 0.15) is 0 Å². The quantitative estimate of drug-likeness (QED) is 0.568. The van der Waals surface area contributed by atoms with E-state index in [-0.39, 0.29) is 0 Å². The third-order valence-electron chi connectivity index (χ3n) is 2.17. The second-order valence-corrected chi connectivity index (χ2v) is 5.06. The molecule has 1 aliphatic rings. The number of nitrogens with one attached hydrogen (secondary N) is 1. The first-order valence-corrected chi connectivity index (χ1v) is 6.44. The van der Waals surface area contributed by atoms with Gasteiger partial charge in [-0.25, -0.2) is 0 Å². The van der Waals surface area contributed by atoms with Crippen molar-refractivity contribution in [3.8, 4) is 0 Å². The molecule has 0 aromatic heterocycles. The van der Waals surface area contributed by atoms with Crippen molar-refractivity contribution in [1.82, 2.24) is 5.32 Å². The highest BCUT2D eigenvalue weighted by molar-refractivity contribution is 7.85. The highest BCUT2D eigenvalue weighted by Crippen LogP contribution is 2.04. The molecule has 14 heavy (non-hydrogen) atoms. The van der Waals surface area contributed by atoms with Gasteiger partial charge < -0.3 is 14.8 Å². The SMILES string of the molecule is COCCOCCS(=O)CC1CNC1. The van der Waals surface area contributed by atoms with E-state index in [0.29, 0.717) is 31.5 Å². The summed E-state index contributed by atoms with van der Waals surface area (Å²) in [6.45, 7) is 3.83. The summed E-state index contributed by atoms with van der Waals surface area (Å²) >= 11 is 0. The Bertz CT molecular complexity index is 173. The van der Waals surface area contributed by atoms with E-state index in [0.717, 1.165) is 18.8 Å². The fraction of sp³-hybridized carbons (Fsp3) is 1.00. The molecule has 0 aromatic rings. The lowest BCUT2D eigenvalue weighted by atomic mass is 10.1. The van der Waals surface area contributed by atoms with Crippen molar-refractivity contribution in [2.75, 3.05) is 51.5 Å². The molecule has 0 saturated carbocycles. The van der Waals surface area contributed by atoms with Crippen LogP contribution in [0, 0.1) is 5.92 Å². The summed E-state index contributed by atoms with van der Waals surface area (Å²) in [5.41, 5.74) is 0. The van der Waals surface area contributed by atoms with Gasteiger partial charge in [-0.2, -0.15) is 0 Å². The van der Waals surface area contributed by atoms with Gasteiger partial charge in [0.2, 0.25) is 0 Å². The van der Waals surface area contributed by atoms with E-state index in [1.807, 2.05) is 0 Å². The van der Waals surface area contributed by atoms with Crippen molar-refractivity contribution in [1.29, 1.82) is 0 Å². The second-order valence-electron chi connectivity index (χ2n) is 3.44. The molecule has 4 nitrogen and oxygen atoms in total. The Balaban J connectivity index is 1.87. The lowest BCUT2D eigenvalue weighted by Crippen LogP contribution is -2.45. The molecule has 1 rings (SSSR count). The van der Waals surface area contributed by atoms with Crippen molar-refractivity contribution in [3.63, 3.8) is 0 Å². The second kappa shape index (κ2) is 7.34. The molecule has 1 saturated heterocycles. The van der Waals surface area contributed by atoms with Crippen LogP contribution in [0.3, 0.4) is 0 Å². The molecule has 1 N–H and O–H groups in total. The van der Waals surface area contributed by atoms with Crippen molar-refractivity contribution in [2.45, 2.75) is 0 Å². The molecular formula is C9H19NO3S. The van der Waals surface area contributed by atoms with Crippen molar-refractivity contribution in [2.24, 2.45) is 5.92 Å². The number of methoxy groups -OCH3 is 1. The van der Waals surface area contributed by atoms with E-state index in [2.05, 4.69) is 5.32 Å². The van der Waals surface area contributed by atoms with Crippen LogP contribution in [0.2, 0.25) is 0 Å². The summed E-state index contributed by atoms with van der Waals surface area (Å²) in [7, 11) is 0.934. The molecule has 5 heteroatoms. The zero-order valence-corrected chi connectivity index (χ0v) is 9.48. The summed E-state index contributed by atoms with van der Waals surface area (Å²) in [5, 5.41) is 3.17. The average molecular weight is 221 g/mol. The van der Waals surface area contributed by atoms with Gasteiger partial charge in [-0.3, -0.25) is 4.21 Å². The molecule has 1 fully saturated rings. The first kappa shape index (κ1) is 12.1. The highest BCUT2D eigenvalue weighted by atomic mass is 32.2. The van der Waals surface area contributed by atoms with Gasteiger partial charge in [0.05, 0.1) is 19.8 Å². The molecule has 0 bridgehead atoms. The monoisotopic (exact) mass is 221 g/mol. The number of ether oxygens (including phenoxy) is 2. The summed E-state index contributed by atoms with van der Waals surface area (Å²) in [6, 6.07) is 0. The molecule has 1 unspecified atom stereocenters. The fourth-order valence-corrected chi connectivity index (χ4v) is 2.44. The predicted octanol–water partition coefficient (Wildman–Crippen LogP) is -0.382. The maximum atomic E-state index is 11.5. The summed E-state index contributed by atoms with van der Waals surface area (Å²) in [6.07, 6.45) is 0. The van der Waals surface area contributed by atoms with E-state index in [1.54, 1.807) is 7.11 Å². The Hall–Kier alpha value is 0.0300. The van der Waals surface area contributed by atoms with Crippen molar-refractivity contribution < 1.29 is 13.7 Å². The smallest absolute Gasteiger partial charge is 0.0700 e. The first-order chi connectivity index (χ1) is 6.83. The van der Waals surface area contributed by atoms with Crippen LogP contribution in [0.1, 0.15) is 0 Å². The minimum Gasteiger partial charge on any atom is -0.382 e. The molecule has 0 amide bonds. The van der Waals surface area contributed by atoms with E-state index in [1.165, 1.54) is 0 Å². The largest absolute Gasteiger partial charge is 0.382 e. The van der Waals surface area contributed by atoms with Crippen LogP contribution < -0.4 is 5.32 Å². The Morgan fingerprint density at radius 1 is 1.36 bits per heavy atom. The van der Waals surface area contributed by atoms with Crippen LogP contribution in [0.4, 0.5) is 0 Å². The van der Waals surface area contributed by atoms with E-state index < -0.39 is 10.8 Å². The summed E-state index contributed by atoms with van der Waals surface area (Å²) in [4.78, 5) is 0. The Morgan fingerprint density at radius 2 is 2.14 bits per heavy atom. The highest BCUT2D eigenvalue weighted by Gasteiger charge is 2.18. The number of rotatable bonds is 8. The maximum absolute atomic E-state index is 11.5. The molecule has 1 heterocycles.